The Morgan fingerprint density at radius 1 is 1.43 bits per heavy atom. The molecule has 0 fully saturated rings. The zero-order valence-corrected chi connectivity index (χ0v) is 13.6. The van der Waals surface area contributed by atoms with Gasteiger partial charge in [0, 0.05) is 13.1 Å². The quantitative estimate of drug-likeness (QED) is 0.737. The van der Waals surface area contributed by atoms with Crippen molar-refractivity contribution in [2.45, 2.75) is 39.0 Å². The molecule has 21 heavy (non-hydrogen) atoms. The molecule has 0 spiro atoms. The van der Waals surface area contributed by atoms with Gasteiger partial charge in [0.1, 0.15) is 6.33 Å². The summed E-state index contributed by atoms with van der Waals surface area (Å²) in [4.78, 5) is 17.4. The SMILES string of the molecule is CCN(CCOC(C)C)C(=O)n1cnc(S(=O)(=O)CC)n1. The summed E-state index contributed by atoms with van der Waals surface area (Å²) in [6, 6.07) is -0.421. The second-order valence-electron chi connectivity index (χ2n) is 4.66. The second-order valence-corrected chi connectivity index (χ2v) is 6.83. The van der Waals surface area contributed by atoms with Crippen LogP contribution in [0.3, 0.4) is 0 Å². The number of nitrogens with zero attached hydrogens (tertiary/aromatic N) is 4. The normalized spacial score (nSPS) is 11.9. The third-order valence-electron chi connectivity index (χ3n) is 2.79. The molecule has 0 bridgehead atoms. The molecule has 0 aliphatic rings. The van der Waals surface area contributed by atoms with Crippen molar-refractivity contribution in [2.75, 3.05) is 25.4 Å². The molecule has 120 valence electrons. The minimum Gasteiger partial charge on any atom is -0.377 e. The van der Waals surface area contributed by atoms with Gasteiger partial charge in [0.05, 0.1) is 18.5 Å². The van der Waals surface area contributed by atoms with E-state index in [2.05, 4.69) is 10.1 Å². The first-order valence-corrected chi connectivity index (χ1v) is 8.52. The number of hydrogen-bond acceptors (Lipinski definition) is 6. The first kappa shape index (κ1) is 17.6. The Hall–Kier alpha value is -1.48. The van der Waals surface area contributed by atoms with Gasteiger partial charge in [0.15, 0.2) is 0 Å². The van der Waals surface area contributed by atoms with E-state index in [1.807, 2.05) is 20.8 Å². The molecule has 0 unspecified atom stereocenters. The Balaban J connectivity index is 2.77. The first-order chi connectivity index (χ1) is 9.81. The van der Waals surface area contributed by atoms with E-state index in [0.717, 1.165) is 11.0 Å². The van der Waals surface area contributed by atoms with E-state index in [1.165, 1.54) is 11.8 Å². The standard InChI is InChI=1S/C12H22N4O4S/c1-5-15(7-8-20-10(3)4)12(17)16-9-13-11(14-16)21(18,19)6-2/h9-10H,5-8H2,1-4H3. The summed E-state index contributed by atoms with van der Waals surface area (Å²) in [5, 5.41) is 3.42. The monoisotopic (exact) mass is 318 g/mol. The molecule has 0 aromatic carbocycles. The summed E-state index contributed by atoms with van der Waals surface area (Å²) in [7, 11) is -3.51. The lowest BCUT2D eigenvalue weighted by molar-refractivity contribution is 0.0651. The molecule has 0 aliphatic carbocycles. The molecule has 1 amide bonds. The molecular formula is C12H22N4O4S. The van der Waals surface area contributed by atoms with Crippen LogP contribution in [0.1, 0.15) is 27.7 Å². The van der Waals surface area contributed by atoms with Gasteiger partial charge in [-0.05, 0) is 20.8 Å². The lowest BCUT2D eigenvalue weighted by atomic mass is 10.4. The number of carbonyl (C=O) groups is 1. The van der Waals surface area contributed by atoms with Crippen LogP contribution in [0.25, 0.3) is 0 Å². The molecule has 1 rings (SSSR count). The van der Waals surface area contributed by atoms with Crippen LogP contribution in [0.5, 0.6) is 0 Å². The van der Waals surface area contributed by atoms with Gasteiger partial charge < -0.3 is 9.64 Å². The Morgan fingerprint density at radius 3 is 2.62 bits per heavy atom. The zero-order chi connectivity index (χ0) is 16.0. The van der Waals surface area contributed by atoms with Crippen LogP contribution in [0.15, 0.2) is 11.5 Å². The topological polar surface area (TPSA) is 94.4 Å². The van der Waals surface area contributed by atoms with E-state index in [-0.39, 0.29) is 17.0 Å². The molecule has 0 N–H and O–H groups in total. The molecule has 1 aromatic heterocycles. The first-order valence-electron chi connectivity index (χ1n) is 6.87. The van der Waals surface area contributed by atoms with Crippen molar-refractivity contribution in [1.82, 2.24) is 19.7 Å². The van der Waals surface area contributed by atoms with E-state index < -0.39 is 15.9 Å². The number of carbonyl (C=O) groups excluding carboxylic acids is 1. The summed E-state index contributed by atoms with van der Waals surface area (Å²) in [5.41, 5.74) is 0. The zero-order valence-electron chi connectivity index (χ0n) is 12.8. The molecule has 0 atom stereocenters. The fraction of sp³-hybridized carbons (Fsp3) is 0.750. The number of sulfone groups is 1. The molecule has 0 saturated heterocycles. The van der Waals surface area contributed by atoms with Crippen LogP contribution >= 0.6 is 0 Å². The number of amides is 1. The van der Waals surface area contributed by atoms with Crippen LogP contribution in [-0.2, 0) is 14.6 Å². The maximum Gasteiger partial charge on any atom is 0.346 e. The van der Waals surface area contributed by atoms with Crippen molar-refractivity contribution in [3.05, 3.63) is 6.33 Å². The van der Waals surface area contributed by atoms with Crippen molar-refractivity contribution in [3.63, 3.8) is 0 Å². The number of aromatic nitrogens is 3. The van der Waals surface area contributed by atoms with Crippen molar-refractivity contribution >= 4 is 15.9 Å². The Kier molecular flexibility index (Phi) is 6.28. The number of hydrogen-bond donors (Lipinski definition) is 0. The van der Waals surface area contributed by atoms with Gasteiger partial charge in [0.25, 0.3) is 5.16 Å². The minimum atomic E-state index is -3.51. The van der Waals surface area contributed by atoms with Crippen LogP contribution < -0.4 is 0 Å². The average Bonchev–Trinajstić information content (AvgIpc) is 2.93. The molecule has 1 aromatic rings. The van der Waals surface area contributed by atoms with Gasteiger partial charge in [-0.2, -0.15) is 4.68 Å². The van der Waals surface area contributed by atoms with Crippen LogP contribution in [-0.4, -0.2) is 65.7 Å². The van der Waals surface area contributed by atoms with Crippen molar-refractivity contribution < 1.29 is 17.9 Å². The van der Waals surface area contributed by atoms with Crippen molar-refractivity contribution in [3.8, 4) is 0 Å². The van der Waals surface area contributed by atoms with E-state index in [4.69, 9.17) is 4.74 Å². The highest BCUT2D eigenvalue weighted by Crippen LogP contribution is 2.04. The summed E-state index contributed by atoms with van der Waals surface area (Å²) < 4.78 is 29.6. The molecule has 9 heteroatoms. The second kappa shape index (κ2) is 7.51. The highest BCUT2D eigenvalue weighted by Gasteiger charge is 2.21. The van der Waals surface area contributed by atoms with E-state index in [0.29, 0.717) is 19.7 Å². The van der Waals surface area contributed by atoms with Gasteiger partial charge >= 0.3 is 6.03 Å². The molecule has 0 radical (unpaired) electrons. The summed E-state index contributed by atoms with van der Waals surface area (Å²) >= 11 is 0. The van der Waals surface area contributed by atoms with Gasteiger partial charge in [-0.1, -0.05) is 6.92 Å². The average molecular weight is 318 g/mol. The molecular weight excluding hydrogens is 296 g/mol. The number of likely N-dealkylation sites (N-methyl/N-ethyl adjacent to an activating group) is 1. The van der Waals surface area contributed by atoms with Crippen LogP contribution in [0.4, 0.5) is 4.79 Å². The van der Waals surface area contributed by atoms with Crippen LogP contribution in [0.2, 0.25) is 0 Å². The van der Waals surface area contributed by atoms with Gasteiger partial charge in [-0.25, -0.2) is 18.2 Å². The molecule has 0 saturated carbocycles. The van der Waals surface area contributed by atoms with Gasteiger partial charge in [0.2, 0.25) is 9.84 Å². The smallest absolute Gasteiger partial charge is 0.346 e. The Morgan fingerprint density at radius 2 is 2.10 bits per heavy atom. The fourth-order valence-electron chi connectivity index (χ4n) is 1.54. The maximum atomic E-state index is 12.2. The predicted molar refractivity (Wildman–Crippen MR) is 76.9 cm³/mol. The third kappa shape index (κ3) is 4.78. The van der Waals surface area contributed by atoms with Crippen LogP contribution in [0, 0.1) is 0 Å². The minimum absolute atomic E-state index is 0.0893. The van der Waals surface area contributed by atoms with E-state index in [9.17, 15) is 13.2 Å². The van der Waals surface area contributed by atoms with E-state index in [1.54, 1.807) is 0 Å². The third-order valence-corrected chi connectivity index (χ3v) is 4.29. The molecule has 1 heterocycles. The highest BCUT2D eigenvalue weighted by atomic mass is 32.2. The Bertz CT molecular complexity index is 568. The molecule has 8 nitrogen and oxygen atoms in total. The van der Waals surface area contributed by atoms with Gasteiger partial charge in [-0.15, -0.1) is 5.10 Å². The lowest BCUT2D eigenvalue weighted by Crippen LogP contribution is -2.37. The van der Waals surface area contributed by atoms with E-state index >= 15 is 0 Å². The van der Waals surface area contributed by atoms with Crippen molar-refractivity contribution in [1.29, 1.82) is 0 Å². The molecule has 0 aliphatic heterocycles. The Labute approximate surface area is 125 Å². The number of ether oxygens (including phenoxy) is 1. The largest absolute Gasteiger partial charge is 0.377 e. The fourth-order valence-corrected chi connectivity index (χ4v) is 2.22. The summed E-state index contributed by atoms with van der Waals surface area (Å²) in [6.45, 7) is 8.44. The summed E-state index contributed by atoms with van der Waals surface area (Å²) in [6.07, 6.45) is 1.21. The lowest BCUT2D eigenvalue weighted by Gasteiger charge is -2.20. The van der Waals surface area contributed by atoms with Crippen molar-refractivity contribution in [2.24, 2.45) is 0 Å². The predicted octanol–water partition coefficient (Wildman–Crippen LogP) is 0.787. The summed E-state index contributed by atoms with van der Waals surface area (Å²) in [5.74, 6) is -0.106. The highest BCUT2D eigenvalue weighted by molar-refractivity contribution is 7.91. The number of rotatable bonds is 7. The van der Waals surface area contributed by atoms with Gasteiger partial charge in [-0.3, -0.25) is 0 Å². The maximum absolute atomic E-state index is 12.2.